The van der Waals surface area contributed by atoms with Gasteiger partial charge in [-0.05, 0) is 42.3 Å². The van der Waals surface area contributed by atoms with E-state index in [1.165, 1.54) is 0 Å². The minimum absolute atomic E-state index is 0.0484. The number of carbonyl (C=O) groups excluding carboxylic acids is 1. The van der Waals surface area contributed by atoms with Gasteiger partial charge < -0.3 is 9.88 Å². The Morgan fingerprint density at radius 3 is 2.50 bits per heavy atom. The van der Waals surface area contributed by atoms with Gasteiger partial charge >= 0.3 is 0 Å². The fourth-order valence-corrected chi connectivity index (χ4v) is 2.63. The molecule has 122 valence electrons. The standard InChI is InChI=1S/C19H18ClN3O/c1-14(23-11-10-21-13-23)16-4-8-18(9-5-16)22-19(24)12-15-2-6-17(20)7-3-15/h2-11,13-14H,12H2,1H3,(H,22,24). The summed E-state index contributed by atoms with van der Waals surface area (Å²) in [6.45, 7) is 2.11. The summed E-state index contributed by atoms with van der Waals surface area (Å²) in [7, 11) is 0. The number of carbonyl (C=O) groups is 1. The Balaban J connectivity index is 1.61. The van der Waals surface area contributed by atoms with Crippen LogP contribution in [0.1, 0.15) is 24.1 Å². The largest absolute Gasteiger partial charge is 0.330 e. The molecule has 5 heteroatoms. The number of hydrogen-bond acceptors (Lipinski definition) is 2. The van der Waals surface area contributed by atoms with Crippen molar-refractivity contribution in [1.82, 2.24) is 9.55 Å². The van der Waals surface area contributed by atoms with E-state index in [2.05, 4.69) is 17.2 Å². The number of imidazole rings is 1. The molecule has 0 saturated carbocycles. The van der Waals surface area contributed by atoms with Crippen LogP contribution in [0.4, 0.5) is 5.69 Å². The van der Waals surface area contributed by atoms with Crippen molar-refractivity contribution in [2.75, 3.05) is 5.32 Å². The van der Waals surface area contributed by atoms with Crippen LogP contribution in [0.25, 0.3) is 0 Å². The summed E-state index contributed by atoms with van der Waals surface area (Å²) in [5, 5.41) is 3.58. The summed E-state index contributed by atoms with van der Waals surface area (Å²) >= 11 is 5.85. The van der Waals surface area contributed by atoms with Crippen molar-refractivity contribution in [3.63, 3.8) is 0 Å². The highest BCUT2D eigenvalue weighted by molar-refractivity contribution is 6.30. The molecule has 0 radical (unpaired) electrons. The topological polar surface area (TPSA) is 46.9 Å². The molecule has 2 aromatic carbocycles. The van der Waals surface area contributed by atoms with Crippen LogP contribution in [0.15, 0.2) is 67.3 Å². The van der Waals surface area contributed by atoms with E-state index < -0.39 is 0 Å². The molecule has 1 heterocycles. The molecule has 3 rings (SSSR count). The minimum Gasteiger partial charge on any atom is -0.330 e. The van der Waals surface area contributed by atoms with Crippen LogP contribution in [0.3, 0.4) is 0 Å². The van der Waals surface area contributed by atoms with Crippen molar-refractivity contribution in [1.29, 1.82) is 0 Å². The molecule has 3 aromatic rings. The third-order valence-electron chi connectivity index (χ3n) is 3.93. The lowest BCUT2D eigenvalue weighted by atomic mass is 10.1. The molecule has 1 aromatic heterocycles. The molecule has 4 nitrogen and oxygen atoms in total. The molecule has 24 heavy (non-hydrogen) atoms. The zero-order chi connectivity index (χ0) is 16.9. The first-order valence-electron chi connectivity index (χ1n) is 7.73. The van der Waals surface area contributed by atoms with E-state index in [1.807, 2.05) is 47.2 Å². The van der Waals surface area contributed by atoms with E-state index in [1.54, 1.807) is 24.7 Å². The van der Waals surface area contributed by atoms with Crippen LogP contribution in [-0.4, -0.2) is 15.5 Å². The second kappa shape index (κ2) is 7.32. The highest BCUT2D eigenvalue weighted by atomic mass is 35.5. The number of hydrogen-bond donors (Lipinski definition) is 1. The minimum atomic E-state index is -0.0484. The molecule has 0 spiro atoms. The molecule has 1 N–H and O–H groups in total. The second-order valence-corrected chi connectivity index (χ2v) is 6.10. The van der Waals surface area contributed by atoms with E-state index >= 15 is 0 Å². The Morgan fingerprint density at radius 1 is 1.17 bits per heavy atom. The van der Waals surface area contributed by atoms with Gasteiger partial charge in [-0.15, -0.1) is 0 Å². The summed E-state index contributed by atoms with van der Waals surface area (Å²) < 4.78 is 2.04. The van der Waals surface area contributed by atoms with Gasteiger partial charge in [0.05, 0.1) is 18.8 Å². The van der Waals surface area contributed by atoms with Crippen LogP contribution in [0, 0.1) is 0 Å². The molecule has 0 bridgehead atoms. The van der Waals surface area contributed by atoms with Crippen molar-refractivity contribution < 1.29 is 4.79 Å². The molecule has 0 aliphatic rings. The average molecular weight is 340 g/mol. The highest BCUT2D eigenvalue weighted by Crippen LogP contribution is 2.20. The fourth-order valence-electron chi connectivity index (χ4n) is 2.51. The lowest BCUT2D eigenvalue weighted by Crippen LogP contribution is -2.14. The van der Waals surface area contributed by atoms with E-state index in [4.69, 9.17) is 11.6 Å². The summed E-state index contributed by atoms with van der Waals surface area (Å²) in [4.78, 5) is 16.2. The van der Waals surface area contributed by atoms with Crippen molar-refractivity contribution in [2.24, 2.45) is 0 Å². The molecule has 1 atom stereocenters. The molecule has 0 fully saturated rings. The van der Waals surface area contributed by atoms with E-state index in [0.717, 1.165) is 16.8 Å². The lowest BCUT2D eigenvalue weighted by molar-refractivity contribution is -0.115. The van der Waals surface area contributed by atoms with Crippen molar-refractivity contribution in [2.45, 2.75) is 19.4 Å². The van der Waals surface area contributed by atoms with Gasteiger partial charge in [0.25, 0.3) is 0 Å². The molecule has 1 amide bonds. The number of benzene rings is 2. The lowest BCUT2D eigenvalue weighted by Gasteiger charge is -2.14. The van der Waals surface area contributed by atoms with Gasteiger partial charge in [0.1, 0.15) is 0 Å². The Kier molecular flexibility index (Phi) is 4.96. The molecule has 1 unspecified atom stereocenters. The first kappa shape index (κ1) is 16.3. The van der Waals surface area contributed by atoms with Crippen molar-refractivity contribution in [3.05, 3.63) is 83.4 Å². The van der Waals surface area contributed by atoms with Gasteiger partial charge in [-0.3, -0.25) is 4.79 Å². The Morgan fingerprint density at radius 2 is 1.88 bits per heavy atom. The SMILES string of the molecule is CC(c1ccc(NC(=O)Cc2ccc(Cl)cc2)cc1)n1ccnc1. The van der Waals surface area contributed by atoms with Gasteiger partial charge in [0.2, 0.25) is 5.91 Å². The van der Waals surface area contributed by atoms with Gasteiger partial charge in [-0.2, -0.15) is 0 Å². The van der Waals surface area contributed by atoms with Crippen LogP contribution in [-0.2, 0) is 11.2 Å². The van der Waals surface area contributed by atoms with E-state index in [9.17, 15) is 4.79 Å². The maximum Gasteiger partial charge on any atom is 0.228 e. The molecule has 0 aliphatic heterocycles. The zero-order valence-electron chi connectivity index (χ0n) is 13.3. The van der Waals surface area contributed by atoms with Crippen molar-refractivity contribution >= 4 is 23.2 Å². The molecular weight excluding hydrogens is 322 g/mol. The van der Waals surface area contributed by atoms with Crippen molar-refractivity contribution in [3.8, 4) is 0 Å². The Hall–Kier alpha value is -2.59. The zero-order valence-corrected chi connectivity index (χ0v) is 14.1. The third kappa shape index (κ3) is 4.03. The normalized spacial score (nSPS) is 11.9. The first-order chi connectivity index (χ1) is 11.6. The fraction of sp³-hybridized carbons (Fsp3) is 0.158. The molecule has 0 aliphatic carbocycles. The maximum absolute atomic E-state index is 12.1. The summed E-state index contributed by atoms with van der Waals surface area (Å²) in [6, 6.07) is 15.4. The van der Waals surface area contributed by atoms with E-state index in [-0.39, 0.29) is 11.9 Å². The number of aromatic nitrogens is 2. The van der Waals surface area contributed by atoms with Crippen LogP contribution >= 0.6 is 11.6 Å². The van der Waals surface area contributed by atoms with Crippen LogP contribution in [0.2, 0.25) is 5.02 Å². The highest BCUT2D eigenvalue weighted by Gasteiger charge is 2.08. The Labute approximate surface area is 146 Å². The van der Waals surface area contributed by atoms with Crippen LogP contribution in [0.5, 0.6) is 0 Å². The predicted molar refractivity (Wildman–Crippen MR) is 96.3 cm³/mol. The van der Waals surface area contributed by atoms with Gasteiger partial charge in [0.15, 0.2) is 0 Å². The monoisotopic (exact) mass is 339 g/mol. The average Bonchev–Trinajstić information content (AvgIpc) is 3.11. The smallest absolute Gasteiger partial charge is 0.228 e. The van der Waals surface area contributed by atoms with Crippen LogP contribution < -0.4 is 5.32 Å². The third-order valence-corrected chi connectivity index (χ3v) is 4.18. The number of nitrogens with one attached hydrogen (secondary N) is 1. The van der Waals surface area contributed by atoms with E-state index in [0.29, 0.717) is 11.4 Å². The summed E-state index contributed by atoms with van der Waals surface area (Å²) in [5.74, 6) is -0.0484. The summed E-state index contributed by atoms with van der Waals surface area (Å²) in [5.41, 5.74) is 2.88. The predicted octanol–water partition coefficient (Wildman–Crippen LogP) is 4.33. The molecule has 0 saturated heterocycles. The first-order valence-corrected chi connectivity index (χ1v) is 8.11. The number of anilines is 1. The second-order valence-electron chi connectivity index (χ2n) is 5.66. The maximum atomic E-state index is 12.1. The molecular formula is C19H18ClN3O. The quantitative estimate of drug-likeness (QED) is 0.752. The number of nitrogens with zero attached hydrogens (tertiary/aromatic N) is 2. The van der Waals surface area contributed by atoms with Gasteiger partial charge in [-0.25, -0.2) is 4.98 Å². The van der Waals surface area contributed by atoms with Gasteiger partial charge in [-0.1, -0.05) is 35.9 Å². The number of rotatable bonds is 5. The Bertz CT molecular complexity index is 796. The number of halogens is 1. The number of amides is 1. The van der Waals surface area contributed by atoms with Gasteiger partial charge in [0, 0.05) is 23.1 Å². The summed E-state index contributed by atoms with van der Waals surface area (Å²) in [6.07, 6.45) is 5.82.